The summed E-state index contributed by atoms with van der Waals surface area (Å²) in [4.78, 5) is 0. The first-order valence-electron chi connectivity index (χ1n) is 3.42. The third-order valence-electron chi connectivity index (χ3n) is 1.47. The van der Waals surface area contributed by atoms with E-state index in [1.807, 2.05) is 0 Å². The second-order valence-corrected chi connectivity index (χ2v) is 5.00. The monoisotopic (exact) mass is 173 g/mol. The Kier molecular flexibility index (Phi) is 2.04. The van der Waals surface area contributed by atoms with Gasteiger partial charge in [0.15, 0.2) is 0 Å². The molecule has 0 aliphatic carbocycles. The molecule has 0 saturated heterocycles. The van der Waals surface area contributed by atoms with Crippen molar-refractivity contribution in [2.75, 3.05) is 0 Å². The van der Waals surface area contributed by atoms with Gasteiger partial charge in [-0.05, 0) is 26.0 Å². The molecule has 4 heteroatoms. The number of aromatic nitrogens is 1. The van der Waals surface area contributed by atoms with E-state index in [2.05, 4.69) is 0 Å². The smallest absolute Gasteiger partial charge is 0.240 e. The Morgan fingerprint density at radius 1 is 1.18 bits per heavy atom. The second kappa shape index (κ2) is 2.70. The van der Waals surface area contributed by atoms with Crippen molar-refractivity contribution in [1.29, 1.82) is 0 Å². The van der Waals surface area contributed by atoms with Crippen LogP contribution in [0.4, 0.5) is 0 Å². The van der Waals surface area contributed by atoms with Crippen molar-refractivity contribution in [1.82, 2.24) is 3.97 Å². The van der Waals surface area contributed by atoms with Crippen LogP contribution in [-0.2, 0) is 10.0 Å². The first kappa shape index (κ1) is 8.33. The Bertz CT molecular complexity index is 310. The van der Waals surface area contributed by atoms with Crippen LogP contribution in [0, 0.1) is 0 Å². The number of rotatable bonds is 2. The first-order chi connectivity index (χ1) is 5.05. The van der Waals surface area contributed by atoms with Crippen molar-refractivity contribution in [2.24, 2.45) is 0 Å². The number of hydrogen-bond donors (Lipinski definition) is 0. The molecular weight excluding hydrogens is 162 g/mol. The normalized spacial score (nSPS) is 12.3. The molecule has 3 nitrogen and oxygen atoms in total. The highest BCUT2D eigenvalue weighted by molar-refractivity contribution is 7.90. The summed E-state index contributed by atoms with van der Waals surface area (Å²) in [6.45, 7) is 3.32. The third kappa shape index (κ3) is 1.45. The molecule has 0 fully saturated rings. The van der Waals surface area contributed by atoms with Crippen LogP contribution in [0.2, 0.25) is 0 Å². The van der Waals surface area contributed by atoms with E-state index in [1.165, 1.54) is 16.4 Å². The highest BCUT2D eigenvalue weighted by Gasteiger charge is 2.16. The molecule has 1 aromatic rings. The van der Waals surface area contributed by atoms with Crippen molar-refractivity contribution in [3.05, 3.63) is 24.5 Å². The molecule has 0 aliphatic rings. The van der Waals surface area contributed by atoms with Gasteiger partial charge in [0.25, 0.3) is 0 Å². The van der Waals surface area contributed by atoms with Crippen LogP contribution in [0.25, 0.3) is 0 Å². The maximum absolute atomic E-state index is 11.4. The Labute approximate surface area is 66.7 Å². The second-order valence-electron chi connectivity index (χ2n) is 2.61. The molecule has 1 rings (SSSR count). The summed E-state index contributed by atoms with van der Waals surface area (Å²) in [5.74, 6) is 0. The maximum atomic E-state index is 11.4. The summed E-state index contributed by atoms with van der Waals surface area (Å²) in [6.07, 6.45) is 3.07. The van der Waals surface area contributed by atoms with Crippen molar-refractivity contribution >= 4 is 10.0 Å². The van der Waals surface area contributed by atoms with Gasteiger partial charge >= 0.3 is 0 Å². The van der Waals surface area contributed by atoms with E-state index in [-0.39, 0.29) is 5.25 Å². The molecule has 62 valence electrons. The first-order valence-corrected chi connectivity index (χ1v) is 4.93. The summed E-state index contributed by atoms with van der Waals surface area (Å²) in [5.41, 5.74) is 0. The summed E-state index contributed by atoms with van der Waals surface area (Å²) in [5, 5.41) is -0.366. The summed E-state index contributed by atoms with van der Waals surface area (Å²) in [6, 6.07) is 3.39. The molecule has 1 aromatic heterocycles. The standard InChI is InChI=1S/C7H11NO2S/c1-7(2)11(9,10)8-5-3-4-6-8/h3-7H,1-2H3. The van der Waals surface area contributed by atoms with Crippen molar-refractivity contribution in [3.63, 3.8) is 0 Å². The molecule has 0 spiro atoms. The van der Waals surface area contributed by atoms with Crippen molar-refractivity contribution < 1.29 is 8.42 Å². The van der Waals surface area contributed by atoms with Crippen LogP contribution in [0.15, 0.2) is 24.5 Å². The van der Waals surface area contributed by atoms with Crippen LogP contribution in [-0.4, -0.2) is 17.6 Å². The molecule has 0 N–H and O–H groups in total. The molecule has 0 atom stereocenters. The zero-order valence-electron chi connectivity index (χ0n) is 6.56. The highest BCUT2D eigenvalue weighted by Crippen LogP contribution is 2.04. The molecule has 0 amide bonds. The van der Waals surface area contributed by atoms with E-state index < -0.39 is 10.0 Å². The fraction of sp³-hybridized carbons (Fsp3) is 0.429. The molecule has 0 bridgehead atoms. The lowest BCUT2D eigenvalue weighted by molar-refractivity contribution is 0.578. The molecule has 1 heterocycles. The maximum Gasteiger partial charge on any atom is 0.240 e. The van der Waals surface area contributed by atoms with Crippen LogP contribution in [0.5, 0.6) is 0 Å². The summed E-state index contributed by atoms with van der Waals surface area (Å²) >= 11 is 0. The highest BCUT2D eigenvalue weighted by atomic mass is 32.2. The number of hydrogen-bond acceptors (Lipinski definition) is 2. The Hall–Kier alpha value is -0.770. The van der Waals surface area contributed by atoms with Gasteiger partial charge in [-0.15, -0.1) is 0 Å². The average molecular weight is 173 g/mol. The van der Waals surface area contributed by atoms with Crippen molar-refractivity contribution in [2.45, 2.75) is 19.1 Å². The topological polar surface area (TPSA) is 39.1 Å². The van der Waals surface area contributed by atoms with E-state index >= 15 is 0 Å². The van der Waals surface area contributed by atoms with Gasteiger partial charge in [0.1, 0.15) is 0 Å². The minimum absolute atomic E-state index is 0.366. The van der Waals surface area contributed by atoms with Gasteiger partial charge in [0.2, 0.25) is 10.0 Å². The van der Waals surface area contributed by atoms with E-state index in [1.54, 1.807) is 26.0 Å². The van der Waals surface area contributed by atoms with Gasteiger partial charge in [-0.25, -0.2) is 8.42 Å². The molecule has 0 radical (unpaired) electrons. The molecule has 0 aliphatic heterocycles. The van der Waals surface area contributed by atoms with Gasteiger partial charge in [0, 0.05) is 12.4 Å². The van der Waals surface area contributed by atoms with Crippen LogP contribution >= 0.6 is 0 Å². The van der Waals surface area contributed by atoms with E-state index in [0.717, 1.165) is 0 Å². The van der Waals surface area contributed by atoms with Gasteiger partial charge in [-0.1, -0.05) is 0 Å². The molecule has 0 aromatic carbocycles. The van der Waals surface area contributed by atoms with Gasteiger partial charge in [0.05, 0.1) is 5.25 Å². The van der Waals surface area contributed by atoms with Crippen LogP contribution in [0.1, 0.15) is 13.8 Å². The lowest BCUT2D eigenvalue weighted by atomic mass is 10.6. The third-order valence-corrected chi connectivity index (χ3v) is 3.49. The van der Waals surface area contributed by atoms with E-state index in [9.17, 15) is 8.42 Å². The summed E-state index contributed by atoms with van der Waals surface area (Å²) in [7, 11) is -3.12. The van der Waals surface area contributed by atoms with Crippen LogP contribution < -0.4 is 0 Å². The molecule has 0 saturated carbocycles. The SMILES string of the molecule is CC(C)S(=O)(=O)n1cccc1. The van der Waals surface area contributed by atoms with E-state index in [0.29, 0.717) is 0 Å². The molecule has 0 unspecified atom stereocenters. The zero-order valence-corrected chi connectivity index (χ0v) is 7.38. The Morgan fingerprint density at radius 2 is 1.64 bits per heavy atom. The molecular formula is C7H11NO2S. The predicted octanol–water partition coefficient (Wildman–Crippen LogP) is 1.07. The average Bonchev–Trinajstić information content (AvgIpc) is 2.37. The predicted molar refractivity (Wildman–Crippen MR) is 43.9 cm³/mol. The van der Waals surface area contributed by atoms with Crippen LogP contribution in [0.3, 0.4) is 0 Å². The largest absolute Gasteiger partial charge is 0.253 e. The zero-order chi connectivity index (χ0) is 8.48. The minimum atomic E-state index is -3.12. The quantitative estimate of drug-likeness (QED) is 0.671. The Morgan fingerprint density at radius 3 is 2.00 bits per heavy atom. The van der Waals surface area contributed by atoms with E-state index in [4.69, 9.17) is 0 Å². The lowest BCUT2D eigenvalue weighted by Gasteiger charge is -2.07. The minimum Gasteiger partial charge on any atom is -0.253 e. The summed E-state index contributed by atoms with van der Waals surface area (Å²) < 4.78 is 23.9. The fourth-order valence-electron chi connectivity index (χ4n) is 0.732. The van der Waals surface area contributed by atoms with Crippen molar-refractivity contribution in [3.8, 4) is 0 Å². The van der Waals surface area contributed by atoms with Gasteiger partial charge < -0.3 is 0 Å². The fourth-order valence-corrected chi connectivity index (χ4v) is 1.70. The molecule has 11 heavy (non-hydrogen) atoms. The number of nitrogens with zero attached hydrogens (tertiary/aromatic N) is 1. The lowest BCUT2D eigenvalue weighted by Crippen LogP contribution is -2.20. The van der Waals surface area contributed by atoms with Gasteiger partial charge in [-0.3, -0.25) is 3.97 Å². The Balaban J connectivity index is 3.12. The van der Waals surface area contributed by atoms with Gasteiger partial charge in [-0.2, -0.15) is 0 Å².